The van der Waals surface area contributed by atoms with Gasteiger partial charge in [0.05, 0.1) is 6.10 Å². The first-order valence-electron chi connectivity index (χ1n) is 4.83. The summed E-state index contributed by atoms with van der Waals surface area (Å²) in [6.45, 7) is 1.41. The molecule has 1 fully saturated rings. The summed E-state index contributed by atoms with van der Waals surface area (Å²) in [4.78, 5) is 0. The van der Waals surface area contributed by atoms with Gasteiger partial charge in [-0.15, -0.1) is 5.10 Å². The van der Waals surface area contributed by atoms with Crippen LogP contribution in [0.1, 0.15) is 19.3 Å². The van der Waals surface area contributed by atoms with Crippen LogP contribution in [-0.2, 0) is 6.54 Å². The molecule has 0 spiro atoms. The summed E-state index contributed by atoms with van der Waals surface area (Å²) in [7, 11) is 0. The molecule has 14 heavy (non-hydrogen) atoms. The molecule has 0 atom stereocenters. The van der Waals surface area contributed by atoms with Crippen LogP contribution in [0.25, 0.3) is 0 Å². The smallest absolute Gasteiger partial charge is 0.138 e. The third kappa shape index (κ3) is 1.76. The predicted octanol–water partition coefficient (Wildman–Crippen LogP) is -0.837. The Morgan fingerprint density at radius 2 is 2.36 bits per heavy atom. The van der Waals surface area contributed by atoms with Crippen molar-refractivity contribution in [3.8, 4) is 0 Å². The number of nitrogens with two attached hydrogens (primary N) is 1. The summed E-state index contributed by atoms with van der Waals surface area (Å²) >= 11 is 0. The first-order chi connectivity index (χ1) is 6.74. The van der Waals surface area contributed by atoms with Crippen LogP contribution in [0.5, 0.6) is 0 Å². The summed E-state index contributed by atoms with van der Waals surface area (Å²) in [5.74, 6) is 0. The maximum Gasteiger partial charge on any atom is 0.138 e. The highest BCUT2D eigenvalue weighted by molar-refractivity contribution is 4.94. The molecule has 0 radical (unpaired) electrons. The van der Waals surface area contributed by atoms with Gasteiger partial charge in [0.1, 0.15) is 6.33 Å². The van der Waals surface area contributed by atoms with E-state index < -0.39 is 0 Å². The molecule has 1 aromatic heterocycles. The van der Waals surface area contributed by atoms with Crippen LogP contribution in [0.3, 0.4) is 0 Å². The van der Waals surface area contributed by atoms with E-state index in [4.69, 9.17) is 5.73 Å². The number of aliphatic hydroxyl groups excluding tert-OH is 1. The average Bonchev–Trinajstić information content (AvgIpc) is 2.63. The molecule has 1 aliphatic rings. The van der Waals surface area contributed by atoms with Crippen molar-refractivity contribution in [3.05, 3.63) is 6.33 Å². The Morgan fingerprint density at radius 1 is 1.57 bits per heavy atom. The van der Waals surface area contributed by atoms with Crippen LogP contribution in [0.15, 0.2) is 6.33 Å². The van der Waals surface area contributed by atoms with Crippen molar-refractivity contribution in [1.29, 1.82) is 0 Å². The van der Waals surface area contributed by atoms with Gasteiger partial charge in [-0.05, 0) is 41.6 Å². The minimum Gasteiger partial charge on any atom is -0.393 e. The van der Waals surface area contributed by atoms with Gasteiger partial charge in [0.15, 0.2) is 0 Å². The van der Waals surface area contributed by atoms with E-state index >= 15 is 0 Å². The second-order valence-electron chi connectivity index (χ2n) is 4.09. The fourth-order valence-electron chi connectivity index (χ4n) is 2.05. The Labute approximate surface area is 82.1 Å². The Kier molecular flexibility index (Phi) is 2.47. The van der Waals surface area contributed by atoms with E-state index in [2.05, 4.69) is 15.5 Å². The Morgan fingerprint density at radius 3 is 2.86 bits per heavy atom. The molecule has 0 bridgehead atoms. The maximum absolute atomic E-state index is 9.27. The number of rotatable bonds is 4. The molecule has 78 valence electrons. The van der Waals surface area contributed by atoms with Crippen LogP contribution >= 0.6 is 0 Å². The highest BCUT2D eigenvalue weighted by atomic mass is 16.3. The summed E-state index contributed by atoms with van der Waals surface area (Å²) in [5.41, 5.74) is 5.81. The van der Waals surface area contributed by atoms with Gasteiger partial charge in [0.2, 0.25) is 0 Å². The molecule has 1 aromatic rings. The number of aliphatic hydroxyl groups is 1. The highest BCUT2D eigenvalue weighted by Gasteiger charge is 2.41. The minimum absolute atomic E-state index is 0.116. The molecule has 0 unspecified atom stereocenters. The number of hydrogen-bond donors (Lipinski definition) is 2. The summed E-state index contributed by atoms with van der Waals surface area (Å²) in [6, 6.07) is 0. The van der Waals surface area contributed by atoms with Crippen LogP contribution in [-0.4, -0.2) is 38.0 Å². The number of hydrogen-bond acceptors (Lipinski definition) is 5. The summed E-state index contributed by atoms with van der Waals surface area (Å²) in [6.07, 6.45) is 4.00. The fourth-order valence-corrected chi connectivity index (χ4v) is 2.05. The van der Waals surface area contributed by atoms with Gasteiger partial charge in [0, 0.05) is 6.54 Å². The molecule has 1 saturated carbocycles. The minimum atomic E-state index is -0.160. The van der Waals surface area contributed by atoms with Crippen LogP contribution in [0, 0.1) is 5.41 Å². The molecule has 1 aliphatic carbocycles. The largest absolute Gasteiger partial charge is 0.393 e. The van der Waals surface area contributed by atoms with Crippen LogP contribution in [0.2, 0.25) is 0 Å². The monoisotopic (exact) mass is 197 g/mol. The number of aryl methyl sites for hydroxylation is 1. The second-order valence-corrected chi connectivity index (χ2v) is 4.09. The molecule has 6 nitrogen and oxygen atoms in total. The van der Waals surface area contributed by atoms with Gasteiger partial charge in [-0.1, -0.05) is 0 Å². The lowest BCUT2D eigenvalue weighted by Crippen LogP contribution is -2.46. The van der Waals surface area contributed by atoms with E-state index in [0.29, 0.717) is 6.54 Å². The molecular weight excluding hydrogens is 182 g/mol. The van der Waals surface area contributed by atoms with E-state index in [0.717, 1.165) is 25.8 Å². The lowest BCUT2D eigenvalue weighted by atomic mass is 9.65. The van der Waals surface area contributed by atoms with Crippen molar-refractivity contribution >= 4 is 0 Å². The Hall–Kier alpha value is -1.01. The highest BCUT2D eigenvalue weighted by Crippen LogP contribution is 2.43. The Bertz CT molecular complexity index is 280. The van der Waals surface area contributed by atoms with Gasteiger partial charge in [-0.2, -0.15) is 0 Å². The fraction of sp³-hybridized carbons (Fsp3) is 0.875. The van der Waals surface area contributed by atoms with Gasteiger partial charge >= 0.3 is 0 Å². The average molecular weight is 197 g/mol. The lowest BCUT2D eigenvalue weighted by Gasteiger charge is -2.44. The Balaban J connectivity index is 1.85. The normalized spacial score (nSPS) is 31.4. The van der Waals surface area contributed by atoms with Crippen molar-refractivity contribution in [2.45, 2.75) is 31.9 Å². The van der Waals surface area contributed by atoms with E-state index in [-0.39, 0.29) is 11.5 Å². The molecule has 0 amide bonds. The van der Waals surface area contributed by atoms with Crippen molar-refractivity contribution < 1.29 is 5.11 Å². The zero-order valence-corrected chi connectivity index (χ0v) is 8.00. The molecular formula is C8H15N5O. The summed E-state index contributed by atoms with van der Waals surface area (Å²) in [5, 5.41) is 20.2. The lowest BCUT2D eigenvalue weighted by molar-refractivity contribution is -0.0342. The maximum atomic E-state index is 9.27. The second kappa shape index (κ2) is 3.62. The van der Waals surface area contributed by atoms with Crippen molar-refractivity contribution in [2.75, 3.05) is 6.54 Å². The standard InChI is InChI=1S/C8H15N5O/c9-5-8(3-7(14)4-8)1-2-13-6-10-11-12-13/h6-7,14H,1-5,9H2. The first-order valence-corrected chi connectivity index (χ1v) is 4.83. The van der Waals surface area contributed by atoms with E-state index in [1.807, 2.05) is 0 Å². The third-order valence-electron chi connectivity index (χ3n) is 3.03. The molecule has 6 heteroatoms. The van der Waals surface area contributed by atoms with Crippen molar-refractivity contribution in [3.63, 3.8) is 0 Å². The molecule has 0 aliphatic heterocycles. The summed E-state index contributed by atoms with van der Waals surface area (Å²) < 4.78 is 1.70. The molecule has 1 heterocycles. The zero-order valence-electron chi connectivity index (χ0n) is 8.00. The molecule has 0 aromatic carbocycles. The van der Waals surface area contributed by atoms with E-state index in [9.17, 15) is 5.11 Å². The van der Waals surface area contributed by atoms with Gasteiger partial charge in [0.25, 0.3) is 0 Å². The topological polar surface area (TPSA) is 89.9 Å². The first kappa shape index (κ1) is 9.54. The zero-order chi connectivity index (χ0) is 10.0. The quantitative estimate of drug-likeness (QED) is 0.657. The van der Waals surface area contributed by atoms with Crippen LogP contribution < -0.4 is 5.73 Å². The SMILES string of the molecule is NCC1(CCn2cnnn2)CC(O)C1. The van der Waals surface area contributed by atoms with Crippen molar-refractivity contribution in [1.82, 2.24) is 20.2 Å². The number of nitrogens with zero attached hydrogens (tertiary/aromatic N) is 4. The number of aromatic nitrogens is 4. The van der Waals surface area contributed by atoms with E-state index in [1.54, 1.807) is 11.0 Å². The predicted molar refractivity (Wildman–Crippen MR) is 49.2 cm³/mol. The molecule has 0 saturated heterocycles. The number of tetrazole rings is 1. The van der Waals surface area contributed by atoms with E-state index in [1.165, 1.54) is 0 Å². The van der Waals surface area contributed by atoms with Gasteiger partial charge < -0.3 is 10.8 Å². The molecule has 2 rings (SSSR count). The van der Waals surface area contributed by atoms with Gasteiger partial charge in [-0.25, -0.2) is 4.68 Å². The third-order valence-corrected chi connectivity index (χ3v) is 3.03. The van der Waals surface area contributed by atoms with Crippen molar-refractivity contribution in [2.24, 2.45) is 11.1 Å². The van der Waals surface area contributed by atoms with Crippen LogP contribution in [0.4, 0.5) is 0 Å². The molecule has 3 N–H and O–H groups in total. The van der Waals surface area contributed by atoms with Gasteiger partial charge in [-0.3, -0.25) is 0 Å².